The topological polar surface area (TPSA) is 90.2 Å². The molecule has 1 fully saturated rings. The van der Waals surface area contributed by atoms with Crippen LogP contribution in [0.1, 0.15) is 42.2 Å². The second-order valence-electron chi connectivity index (χ2n) is 8.34. The molecular weight excluding hydrogens is 424 g/mol. The van der Waals surface area contributed by atoms with E-state index in [2.05, 4.69) is 5.01 Å². The van der Waals surface area contributed by atoms with Gasteiger partial charge in [0.15, 0.2) is 5.43 Å². The Bertz CT molecular complexity index is 1080. The number of halogens is 1. The van der Waals surface area contributed by atoms with Crippen molar-refractivity contribution >= 4 is 17.6 Å². The van der Waals surface area contributed by atoms with Crippen LogP contribution in [0.25, 0.3) is 11.3 Å². The molecular formula is C22H25ClN2O6. The van der Waals surface area contributed by atoms with E-state index in [4.69, 9.17) is 25.8 Å². The number of ether oxygens (including phenoxy) is 3. The standard InChI is InChI=1S/C22H25ClN2O6/c1-22(2)12-30-11-18-14-8-20(31-6-4-5-29-3)16(23)7-13(14)17-9-19(26)15(21(27)28)10-24(17)25(18)22/h7-10,18H,4-6,11-12H2,1-3H3,(H,27,28)/t18-/m1/s1. The van der Waals surface area contributed by atoms with Crippen molar-refractivity contribution in [1.29, 1.82) is 0 Å². The monoisotopic (exact) mass is 448 g/mol. The number of fused-ring (bicyclic) bond motifs is 6. The number of benzene rings is 1. The minimum atomic E-state index is -1.26. The number of carbonyl (C=O) groups is 1. The molecule has 0 spiro atoms. The van der Waals surface area contributed by atoms with Crippen LogP contribution in [0, 0.1) is 0 Å². The zero-order valence-corrected chi connectivity index (χ0v) is 18.4. The van der Waals surface area contributed by atoms with E-state index in [0.29, 0.717) is 42.9 Å². The van der Waals surface area contributed by atoms with Gasteiger partial charge in [0.1, 0.15) is 11.3 Å². The van der Waals surface area contributed by atoms with E-state index in [-0.39, 0.29) is 11.6 Å². The van der Waals surface area contributed by atoms with Crippen molar-refractivity contribution in [1.82, 2.24) is 4.68 Å². The van der Waals surface area contributed by atoms with Gasteiger partial charge in [0.2, 0.25) is 0 Å². The third-order valence-corrected chi connectivity index (χ3v) is 5.93. The second kappa shape index (κ2) is 8.18. The predicted molar refractivity (Wildman–Crippen MR) is 116 cm³/mol. The lowest BCUT2D eigenvalue weighted by Crippen LogP contribution is -2.61. The molecule has 4 rings (SSSR count). The van der Waals surface area contributed by atoms with Crippen LogP contribution in [-0.4, -0.2) is 54.8 Å². The molecule has 1 saturated heterocycles. The minimum absolute atomic E-state index is 0.200. The summed E-state index contributed by atoms with van der Waals surface area (Å²) < 4.78 is 18.6. The average Bonchev–Trinajstić information content (AvgIpc) is 2.71. The average molecular weight is 449 g/mol. The maximum absolute atomic E-state index is 12.5. The molecule has 8 nitrogen and oxygen atoms in total. The van der Waals surface area contributed by atoms with Crippen LogP contribution >= 0.6 is 11.6 Å². The van der Waals surface area contributed by atoms with Crippen LogP contribution < -0.4 is 15.2 Å². The van der Waals surface area contributed by atoms with Gasteiger partial charge in [-0.15, -0.1) is 0 Å². The van der Waals surface area contributed by atoms with Gasteiger partial charge in [0.25, 0.3) is 0 Å². The number of nitrogens with zero attached hydrogens (tertiary/aromatic N) is 2. The van der Waals surface area contributed by atoms with Crippen molar-refractivity contribution in [2.45, 2.75) is 31.8 Å². The third kappa shape index (κ3) is 3.79. The number of hydrogen-bond donors (Lipinski definition) is 1. The molecule has 31 heavy (non-hydrogen) atoms. The van der Waals surface area contributed by atoms with Crippen molar-refractivity contribution in [2.24, 2.45) is 0 Å². The van der Waals surface area contributed by atoms with E-state index in [1.54, 1.807) is 17.9 Å². The van der Waals surface area contributed by atoms with Gasteiger partial charge in [0, 0.05) is 38.0 Å². The van der Waals surface area contributed by atoms with Crippen LogP contribution in [-0.2, 0) is 9.47 Å². The van der Waals surface area contributed by atoms with Gasteiger partial charge in [-0.25, -0.2) is 4.79 Å². The van der Waals surface area contributed by atoms with E-state index in [1.165, 1.54) is 12.3 Å². The number of methoxy groups -OCH3 is 1. The highest BCUT2D eigenvalue weighted by Crippen LogP contribution is 2.45. The molecule has 0 aliphatic carbocycles. The third-order valence-electron chi connectivity index (χ3n) is 5.63. The zero-order chi connectivity index (χ0) is 22.3. The van der Waals surface area contributed by atoms with Gasteiger partial charge in [-0.3, -0.25) is 14.5 Å². The summed E-state index contributed by atoms with van der Waals surface area (Å²) in [5.41, 5.74) is 0.984. The highest BCUT2D eigenvalue weighted by molar-refractivity contribution is 6.32. The highest BCUT2D eigenvalue weighted by Gasteiger charge is 2.43. The molecule has 0 unspecified atom stereocenters. The summed E-state index contributed by atoms with van der Waals surface area (Å²) in [7, 11) is 1.64. The number of carboxylic acids is 1. The van der Waals surface area contributed by atoms with Crippen molar-refractivity contribution in [2.75, 3.05) is 38.5 Å². The summed E-state index contributed by atoms with van der Waals surface area (Å²) in [6.45, 7) is 5.95. The molecule has 2 aromatic rings. The second-order valence-corrected chi connectivity index (χ2v) is 8.75. The zero-order valence-electron chi connectivity index (χ0n) is 17.7. The molecule has 2 aliphatic rings. The van der Waals surface area contributed by atoms with Gasteiger partial charge in [0.05, 0.1) is 42.1 Å². The summed E-state index contributed by atoms with van der Waals surface area (Å²) >= 11 is 6.51. The summed E-state index contributed by atoms with van der Waals surface area (Å²) in [6, 6.07) is 4.83. The Hall–Kier alpha value is -2.55. The summed E-state index contributed by atoms with van der Waals surface area (Å²) in [6.07, 6.45) is 2.12. The Labute approximate surface area is 184 Å². The van der Waals surface area contributed by atoms with Gasteiger partial charge >= 0.3 is 5.97 Å². The molecule has 1 aromatic heterocycles. The van der Waals surface area contributed by atoms with Gasteiger partial charge < -0.3 is 19.3 Å². The van der Waals surface area contributed by atoms with Gasteiger partial charge in [-0.1, -0.05) is 11.6 Å². The first-order valence-electron chi connectivity index (χ1n) is 10.1. The fraction of sp³-hybridized carbons (Fsp3) is 0.455. The summed E-state index contributed by atoms with van der Waals surface area (Å²) in [5.74, 6) is -0.704. The lowest BCUT2D eigenvalue weighted by Gasteiger charge is -2.53. The van der Waals surface area contributed by atoms with Crippen LogP contribution in [0.3, 0.4) is 0 Å². The number of carboxylic acid groups (broad SMARTS) is 1. The van der Waals surface area contributed by atoms with E-state index in [0.717, 1.165) is 17.5 Å². The largest absolute Gasteiger partial charge is 0.492 e. The highest BCUT2D eigenvalue weighted by atomic mass is 35.5. The molecule has 0 radical (unpaired) electrons. The van der Waals surface area contributed by atoms with Crippen LogP contribution in [0.5, 0.6) is 5.75 Å². The Kier molecular flexibility index (Phi) is 5.72. The maximum Gasteiger partial charge on any atom is 0.341 e. The smallest absolute Gasteiger partial charge is 0.341 e. The van der Waals surface area contributed by atoms with E-state index in [9.17, 15) is 14.7 Å². The maximum atomic E-state index is 12.5. The quantitative estimate of drug-likeness (QED) is 0.679. The number of morpholine rings is 1. The summed E-state index contributed by atoms with van der Waals surface area (Å²) in [5, 5.41) is 12.0. The molecule has 1 N–H and O–H groups in total. The fourth-order valence-electron chi connectivity index (χ4n) is 4.27. The lowest BCUT2D eigenvalue weighted by molar-refractivity contribution is 0.0176. The van der Waals surface area contributed by atoms with Crippen molar-refractivity contribution in [3.8, 4) is 17.0 Å². The predicted octanol–water partition coefficient (Wildman–Crippen LogP) is 3.08. The van der Waals surface area contributed by atoms with Crippen molar-refractivity contribution in [3.63, 3.8) is 0 Å². The Balaban J connectivity index is 1.88. The molecule has 0 amide bonds. The Morgan fingerprint density at radius 2 is 2.10 bits per heavy atom. The fourth-order valence-corrected chi connectivity index (χ4v) is 4.49. The molecule has 166 valence electrons. The van der Waals surface area contributed by atoms with Gasteiger partial charge in [-0.05, 0) is 31.5 Å². The normalized spacial score (nSPS) is 18.7. The number of hydrogen-bond acceptors (Lipinski definition) is 6. The van der Waals surface area contributed by atoms with E-state index in [1.807, 2.05) is 19.9 Å². The van der Waals surface area contributed by atoms with Crippen LogP contribution in [0.4, 0.5) is 0 Å². The number of pyridine rings is 1. The molecule has 1 atom stereocenters. The first kappa shape index (κ1) is 21.7. The summed E-state index contributed by atoms with van der Waals surface area (Å²) in [4.78, 5) is 24.1. The first-order valence-corrected chi connectivity index (χ1v) is 10.5. The molecule has 0 bridgehead atoms. The molecule has 0 saturated carbocycles. The van der Waals surface area contributed by atoms with Gasteiger partial charge in [-0.2, -0.15) is 0 Å². The van der Waals surface area contributed by atoms with E-state index >= 15 is 0 Å². The number of aromatic carboxylic acids is 1. The number of aromatic nitrogens is 1. The Morgan fingerprint density at radius 3 is 2.81 bits per heavy atom. The number of rotatable bonds is 6. The Morgan fingerprint density at radius 1 is 1.32 bits per heavy atom. The molecule has 3 heterocycles. The first-order chi connectivity index (χ1) is 14.7. The minimum Gasteiger partial charge on any atom is -0.492 e. The van der Waals surface area contributed by atoms with Crippen LogP contribution in [0.2, 0.25) is 5.02 Å². The SMILES string of the molecule is COCCCOc1cc2c(cc1Cl)-c1cc(=O)c(C(=O)O)cn1N1[C@@H]2COCC1(C)C. The van der Waals surface area contributed by atoms with Crippen LogP contribution in [0.15, 0.2) is 29.2 Å². The van der Waals surface area contributed by atoms with Crippen molar-refractivity contribution in [3.05, 3.63) is 50.8 Å². The lowest BCUT2D eigenvalue weighted by atomic mass is 9.90. The molecule has 2 aliphatic heterocycles. The molecule has 9 heteroatoms. The van der Waals surface area contributed by atoms with Crippen molar-refractivity contribution < 1.29 is 24.1 Å². The molecule has 1 aromatic carbocycles. The van der Waals surface area contributed by atoms with E-state index < -0.39 is 16.9 Å².